The molecule has 2 nitrogen and oxygen atoms in total. The summed E-state index contributed by atoms with van der Waals surface area (Å²) in [6.45, 7) is 2.18. The lowest BCUT2D eigenvalue weighted by Crippen LogP contribution is -1.87. The fourth-order valence-corrected chi connectivity index (χ4v) is 1.60. The summed E-state index contributed by atoms with van der Waals surface area (Å²) >= 11 is 0. The van der Waals surface area contributed by atoms with Crippen LogP contribution in [0.1, 0.15) is 18.9 Å². The Morgan fingerprint density at radius 2 is 2.07 bits per heavy atom. The van der Waals surface area contributed by atoms with Gasteiger partial charge in [-0.1, -0.05) is 42.8 Å². The molecular weight excluding hydrogens is 174 g/mol. The van der Waals surface area contributed by atoms with Crippen LogP contribution in [0, 0.1) is 0 Å². The number of nitrogens with zero attached hydrogens (tertiary/aromatic N) is 1. The van der Waals surface area contributed by atoms with E-state index in [1.807, 2.05) is 12.1 Å². The molecule has 0 aliphatic heterocycles. The summed E-state index contributed by atoms with van der Waals surface area (Å²) in [5, 5.41) is 3.72. The second-order valence-corrected chi connectivity index (χ2v) is 3.28. The van der Waals surface area contributed by atoms with E-state index in [-0.39, 0.29) is 0 Å². The van der Waals surface area contributed by atoms with Crippen molar-refractivity contribution in [2.45, 2.75) is 19.8 Å². The van der Waals surface area contributed by atoms with E-state index in [9.17, 15) is 0 Å². The number of hydrogen-bond donors (Lipinski definition) is 0. The van der Waals surface area contributed by atoms with Gasteiger partial charge in [0.1, 0.15) is 0 Å². The molecule has 0 saturated heterocycles. The fourth-order valence-electron chi connectivity index (χ4n) is 1.60. The maximum absolute atomic E-state index is 5.16. The summed E-state index contributed by atoms with van der Waals surface area (Å²) in [7, 11) is 0. The maximum atomic E-state index is 5.16. The zero-order chi connectivity index (χ0) is 9.80. The fraction of sp³-hybridized carbons (Fsp3) is 0.250. The smallest absolute Gasteiger partial charge is 0.167 e. The summed E-state index contributed by atoms with van der Waals surface area (Å²) in [4.78, 5) is 0. The molecule has 0 saturated carbocycles. The molecule has 0 atom stereocenters. The quantitative estimate of drug-likeness (QED) is 0.736. The predicted octanol–water partition coefficient (Wildman–Crippen LogP) is 3.29. The van der Waals surface area contributed by atoms with E-state index in [1.165, 1.54) is 5.56 Å². The molecule has 2 aromatic rings. The molecule has 1 aromatic carbocycles. The van der Waals surface area contributed by atoms with Crippen LogP contribution < -0.4 is 0 Å². The average molecular weight is 187 g/mol. The summed E-state index contributed by atoms with van der Waals surface area (Å²) in [6.07, 6.45) is 3.90. The van der Waals surface area contributed by atoms with Crippen LogP contribution in [0.4, 0.5) is 0 Å². The summed E-state index contributed by atoms with van der Waals surface area (Å²) in [6, 6.07) is 10.2. The van der Waals surface area contributed by atoms with Crippen LogP contribution >= 0.6 is 0 Å². The normalized spacial score (nSPS) is 10.4. The van der Waals surface area contributed by atoms with E-state index < -0.39 is 0 Å². The van der Waals surface area contributed by atoms with Gasteiger partial charge in [0, 0.05) is 11.6 Å². The molecule has 2 rings (SSSR count). The standard InChI is InChI=1S/C12H13NO/c1-2-5-10-6-3-4-7-11(10)12-8-9-13-14-12/h3-4,6-9H,2,5H2,1H3. The first kappa shape index (κ1) is 9.00. The molecule has 14 heavy (non-hydrogen) atoms. The Bertz CT molecular complexity index is 392. The van der Waals surface area contributed by atoms with Gasteiger partial charge in [-0.3, -0.25) is 0 Å². The minimum absolute atomic E-state index is 0.856. The van der Waals surface area contributed by atoms with Crippen LogP contribution in [0.2, 0.25) is 0 Å². The highest BCUT2D eigenvalue weighted by Crippen LogP contribution is 2.23. The van der Waals surface area contributed by atoms with E-state index in [4.69, 9.17) is 4.52 Å². The summed E-state index contributed by atoms with van der Waals surface area (Å²) in [5.41, 5.74) is 2.48. The molecule has 0 aliphatic rings. The first-order valence-electron chi connectivity index (χ1n) is 4.90. The SMILES string of the molecule is CCCc1ccccc1-c1ccno1. The van der Waals surface area contributed by atoms with Crippen molar-refractivity contribution in [3.8, 4) is 11.3 Å². The van der Waals surface area contributed by atoms with Crippen molar-refractivity contribution in [3.63, 3.8) is 0 Å². The van der Waals surface area contributed by atoms with Crippen molar-refractivity contribution >= 4 is 0 Å². The molecule has 0 amide bonds. The van der Waals surface area contributed by atoms with Gasteiger partial charge in [0.15, 0.2) is 5.76 Å². The minimum atomic E-state index is 0.856. The molecule has 72 valence electrons. The lowest BCUT2D eigenvalue weighted by atomic mass is 10.0. The first-order chi connectivity index (χ1) is 6.92. The maximum Gasteiger partial charge on any atom is 0.167 e. The Morgan fingerprint density at radius 1 is 1.21 bits per heavy atom. The number of benzene rings is 1. The van der Waals surface area contributed by atoms with Crippen LogP contribution in [0.25, 0.3) is 11.3 Å². The van der Waals surface area contributed by atoms with Crippen molar-refractivity contribution in [2.24, 2.45) is 0 Å². The Morgan fingerprint density at radius 3 is 2.79 bits per heavy atom. The largest absolute Gasteiger partial charge is 0.356 e. The van der Waals surface area contributed by atoms with E-state index in [1.54, 1.807) is 6.20 Å². The molecule has 2 heteroatoms. The van der Waals surface area contributed by atoms with Crippen LogP contribution in [0.15, 0.2) is 41.1 Å². The molecule has 1 aromatic heterocycles. The third-order valence-corrected chi connectivity index (χ3v) is 2.24. The van der Waals surface area contributed by atoms with Gasteiger partial charge in [-0.25, -0.2) is 0 Å². The Balaban J connectivity index is 2.42. The van der Waals surface area contributed by atoms with Crippen molar-refractivity contribution in [2.75, 3.05) is 0 Å². The van der Waals surface area contributed by atoms with Crippen LogP contribution in [-0.4, -0.2) is 5.16 Å². The number of rotatable bonds is 3. The number of aryl methyl sites for hydroxylation is 1. The van der Waals surface area contributed by atoms with E-state index in [2.05, 4.69) is 30.3 Å². The molecule has 0 spiro atoms. The summed E-state index contributed by atoms with van der Waals surface area (Å²) in [5.74, 6) is 0.856. The van der Waals surface area contributed by atoms with Crippen molar-refractivity contribution in [3.05, 3.63) is 42.1 Å². The topological polar surface area (TPSA) is 26.0 Å². The third-order valence-electron chi connectivity index (χ3n) is 2.24. The van der Waals surface area contributed by atoms with Crippen LogP contribution in [0.3, 0.4) is 0 Å². The van der Waals surface area contributed by atoms with Gasteiger partial charge in [-0.2, -0.15) is 0 Å². The van der Waals surface area contributed by atoms with Crippen LogP contribution in [0.5, 0.6) is 0 Å². The highest BCUT2D eigenvalue weighted by atomic mass is 16.5. The van der Waals surface area contributed by atoms with Gasteiger partial charge in [0.05, 0.1) is 6.20 Å². The molecule has 0 N–H and O–H groups in total. The van der Waals surface area contributed by atoms with Crippen molar-refractivity contribution < 1.29 is 4.52 Å². The van der Waals surface area contributed by atoms with Crippen molar-refractivity contribution in [1.82, 2.24) is 5.16 Å². The number of hydrogen-bond acceptors (Lipinski definition) is 2. The molecule has 0 aliphatic carbocycles. The second kappa shape index (κ2) is 4.09. The molecule has 1 heterocycles. The zero-order valence-electron chi connectivity index (χ0n) is 8.23. The average Bonchev–Trinajstić information content (AvgIpc) is 2.72. The molecule has 0 radical (unpaired) electrons. The van der Waals surface area contributed by atoms with E-state index >= 15 is 0 Å². The lowest BCUT2D eigenvalue weighted by Gasteiger charge is -2.04. The Kier molecular flexibility index (Phi) is 2.63. The number of aromatic nitrogens is 1. The van der Waals surface area contributed by atoms with Gasteiger partial charge in [0.25, 0.3) is 0 Å². The van der Waals surface area contributed by atoms with Gasteiger partial charge >= 0.3 is 0 Å². The molecule has 0 fully saturated rings. The monoisotopic (exact) mass is 187 g/mol. The highest BCUT2D eigenvalue weighted by Gasteiger charge is 2.06. The van der Waals surface area contributed by atoms with Gasteiger partial charge in [-0.05, 0) is 12.0 Å². The van der Waals surface area contributed by atoms with Crippen LogP contribution in [-0.2, 0) is 6.42 Å². The molecule has 0 unspecified atom stereocenters. The minimum Gasteiger partial charge on any atom is -0.356 e. The highest BCUT2D eigenvalue weighted by molar-refractivity contribution is 5.61. The first-order valence-corrected chi connectivity index (χ1v) is 4.90. The second-order valence-electron chi connectivity index (χ2n) is 3.28. The Labute approximate surface area is 83.5 Å². The van der Waals surface area contributed by atoms with Crippen molar-refractivity contribution in [1.29, 1.82) is 0 Å². The van der Waals surface area contributed by atoms with Gasteiger partial charge in [0.2, 0.25) is 0 Å². The summed E-state index contributed by atoms with van der Waals surface area (Å²) < 4.78 is 5.16. The third kappa shape index (κ3) is 1.69. The zero-order valence-corrected chi connectivity index (χ0v) is 8.23. The Hall–Kier alpha value is -1.57. The molecular formula is C12H13NO. The van der Waals surface area contributed by atoms with Gasteiger partial charge in [-0.15, -0.1) is 0 Å². The van der Waals surface area contributed by atoms with E-state index in [0.29, 0.717) is 0 Å². The van der Waals surface area contributed by atoms with Gasteiger partial charge < -0.3 is 4.52 Å². The lowest BCUT2D eigenvalue weighted by molar-refractivity contribution is 0.432. The molecule has 0 bridgehead atoms. The van der Waals surface area contributed by atoms with E-state index in [0.717, 1.165) is 24.2 Å². The predicted molar refractivity (Wildman–Crippen MR) is 55.9 cm³/mol.